The van der Waals surface area contributed by atoms with Gasteiger partial charge in [0.25, 0.3) is 0 Å². The maximum atomic E-state index is 10.9. The van der Waals surface area contributed by atoms with Gasteiger partial charge < -0.3 is 95.5 Å². The second-order valence-electron chi connectivity index (χ2n) is 27.8. The molecule has 0 saturated carbocycles. The third kappa shape index (κ3) is 20.5. The minimum atomic E-state index is -1.30. The highest BCUT2D eigenvalue weighted by Gasteiger charge is 2.53. The number of nitrogens with zero attached hydrogens (tertiary/aromatic N) is 19. The SMILES string of the molecule is C.C.CCN=C1N[C@@H]2[C@@H](O)[C@H](O)[C@@H](Cn3cc(C(C)(O)c4ccccc4)nn3)O[C@@H]2S1.CCN=C1N[C@@H]2[C@@H](O)[C@H](O)[C@@H](Cn3cc(COc4ccccc4)nn3)O[C@@H]2S1.CCN=C1N[C@@H]2[C@@H](O)[C@H](O)[C@@H](Cn3cc(Cn4cccc4)nn3)O[C@@H]2S1.CCN=C1N[C@@H]2[C@@H](O)[C@H](O)[C@@H](Cn3cc(Cn4nc(C)c(C)c4C)nn3)O[C@@H]2S1. The molecule has 8 saturated heterocycles. The van der Waals surface area contributed by atoms with Crippen LogP contribution in [0, 0.1) is 20.8 Å². The van der Waals surface area contributed by atoms with Gasteiger partial charge in [-0.1, -0.05) is 131 Å². The predicted octanol–water partition coefficient (Wildman–Crippen LogP) is 1.35. The zero-order chi connectivity index (χ0) is 78.9. The molecule has 114 heavy (non-hydrogen) atoms. The van der Waals surface area contributed by atoms with Crippen LogP contribution in [0.25, 0.3) is 0 Å². The quantitative estimate of drug-likeness (QED) is 0.0483. The van der Waals surface area contributed by atoms with E-state index in [4.69, 9.17) is 23.7 Å². The van der Waals surface area contributed by atoms with Gasteiger partial charge in [-0.25, -0.2) is 18.7 Å². The van der Waals surface area contributed by atoms with Crippen molar-refractivity contribution in [3.63, 3.8) is 0 Å². The number of rotatable bonds is 21. The second-order valence-corrected chi connectivity index (χ2v) is 32.2. The monoisotopic (exact) mass is 1660 g/mol. The number of aliphatic imine (C=N–C) groups is 4. The van der Waals surface area contributed by atoms with Crippen molar-refractivity contribution < 1.29 is 69.6 Å². The van der Waals surface area contributed by atoms with Crippen molar-refractivity contribution >= 4 is 67.7 Å². The summed E-state index contributed by atoms with van der Waals surface area (Å²) >= 11 is 5.72. The summed E-state index contributed by atoms with van der Waals surface area (Å²) in [6.07, 6.45) is 0.535. The van der Waals surface area contributed by atoms with E-state index in [1.807, 2.05) is 148 Å². The highest BCUT2D eigenvalue weighted by Crippen LogP contribution is 2.39. The van der Waals surface area contributed by atoms with Gasteiger partial charge in [0, 0.05) is 44.3 Å². The number of aliphatic hydroxyl groups is 9. The molecule has 0 aliphatic carbocycles. The van der Waals surface area contributed by atoms with Crippen molar-refractivity contribution in [1.29, 1.82) is 0 Å². The summed E-state index contributed by atoms with van der Waals surface area (Å²) in [5.74, 6) is 0.757. The van der Waals surface area contributed by atoms with Crippen molar-refractivity contribution in [2.75, 3.05) is 26.2 Å². The van der Waals surface area contributed by atoms with Crippen LogP contribution in [0.3, 0.4) is 0 Å². The van der Waals surface area contributed by atoms with Gasteiger partial charge in [0.2, 0.25) is 0 Å². The molecule has 41 heteroatoms. The van der Waals surface area contributed by atoms with E-state index in [2.05, 4.69) is 94.5 Å². The number of para-hydroxylation sites is 1. The number of thioether (sulfide) groups is 4. The Morgan fingerprint density at radius 1 is 0.456 bits per heavy atom. The minimum Gasteiger partial charge on any atom is -0.487 e. The summed E-state index contributed by atoms with van der Waals surface area (Å²) in [4.78, 5) is 17.3. The van der Waals surface area contributed by atoms with E-state index in [9.17, 15) is 46.0 Å². The summed E-state index contributed by atoms with van der Waals surface area (Å²) in [5, 5.41) is 148. The molecule has 1 unspecified atom stereocenters. The van der Waals surface area contributed by atoms with Gasteiger partial charge in [0.1, 0.15) is 136 Å². The summed E-state index contributed by atoms with van der Waals surface area (Å²) in [6, 6.07) is 21.1. The fourth-order valence-electron chi connectivity index (χ4n) is 13.6. The zero-order valence-electron chi connectivity index (χ0n) is 62.9. The van der Waals surface area contributed by atoms with Crippen LogP contribution in [0.4, 0.5) is 0 Å². The Hall–Kier alpha value is -7.95. The van der Waals surface area contributed by atoms with Gasteiger partial charge in [-0.05, 0) is 90.8 Å². The van der Waals surface area contributed by atoms with Crippen molar-refractivity contribution in [3.8, 4) is 5.75 Å². The molecule has 14 heterocycles. The predicted molar refractivity (Wildman–Crippen MR) is 431 cm³/mol. The molecule has 8 fully saturated rings. The highest BCUT2D eigenvalue weighted by molar-refractivity contribution is 8.15. The Morgan fingerprint density at radius 2 is 0.807 bits per heavy atom. The van der Waals surface area contributed by atoms with Crippen molar-refractivity contribution in [2.45, 2.75) is 241 Å². The van der Waals surface area contributed by atoms with Crippen LogP contribution in [0.2, 0.25) is 0 Å². The van der Waals surface area contributed by atoms with Crippen LogP contribution in [0.1, 0.15) is 94.8 Å². The van der Waals surface area contributed by atoms with Crippen LogP contribution in [0.5, 0.6) is 5.75 Å². The van der Waals surface area contributed by atoms with Gasteiger partial charge >= 0.3 is 0 Å². The number of benzene rings is 2. The molecule has 8 aliphatic heterocycles. The average Bonchev–Trinajstić information content (AvgIpc) is 1.63. The first-order valence-electron chi connectivity index (χ1n) is 37.2. The van der Waals surface area contributed by atoms with Gasteiger partial charge in [-0.3, -0.25) is 24.7 Å². The molecule has 13 N–H and O–H groups in total. The molecule has 37 nitrogen and oxygen atoms in total. The van der Waals surface area contributed by atoms with Crippen molar-refractivity contribution in [1.82, 2.24) is 95.6 Å². The fraction of sp³-hybridized carbons (Fsp3) is 0.575. The minimum absolute atomic E-state index is 0. The lowest BCUT2D eigenvalue weighted by molar-refractivity contribution is -0.160. The van der Waals surface area contributed by atoms with E-state index < -0.39 is 84.9 Å². The Labute approximate surface area is 677 Å². The fourth-order valence-corrected chi connectivity index (χ4v) is 18.4. The third-order valence-corrected chi connectivity index (χ3v) is 24.3. The third-order valence-electron chi connectivity index (χ3n) is 19.9. The van der Waals surface area contributed by atoms with Gasteiger partial charge in [-0.2, -0.15) is 5.10 Å². The number of hydrogen-bond donors (Lipinski definition) is 13. The van der Waals surface area contributed by atoms with E-state index >= 15 is 0 Å². The largest absolute Gasteiger partial charge is 0.487 e. The number of aliphatic hydroxyl groups excluding tert-OH is 8. The first kappa shape index (κ1) is 86.9. The Balaban J connectivity index is 0.000000149. The van der Waals surface area contributed by atoms with Crippen LogP contribution >= 0.6 is 47.0 Å². The molecule has 2 aromatic carbocycles. The normalized spacial score (nSPS) is 31.1. The lowest BCUT2D eigenvalue weighted by atomic mass is 9.93. The van der Waals surface area contributed by atoms with Crippen molar-refractivity contribution in [3.05, 3.63) is 155 Å². The second kappa shape index (κ2) is 39.3. The standard InChI is InChI=1S/C19H25N5O4S.C18H27N7O3S.C18H23N5O4S.C16H22N6O3S.2CH4/c1-3-20-18-21-14-16(26)15(25)12(28-17(14)29-18)9-24-10-13(22-23-24)19(2,27)11-7-5-4-6-8-11;1-5-19-18-20-14-16(27)15(26)13(28-17(14)29-18)8-24-6-12(21-23-24)7-25-11(4)9(2)10(3)22-25;1-2-19-18-20-14-16(25)15(24)13(27-17(14)28-18)9-23-8-11(21-22-23)10-26-12-6-4-3-5-7-12;1-2-17-16-18-12-14(24)13(23)11(25-15(12)26-16)9-22-8-10(19-20-22)7-21-5-3-4-6-21;;/h4-8,10,12,14-17,25-27H,3,9H2,1-2H3,(H,20,21);6,13-17,26-27H,5,7-8H2,1-4H3,(H,19,20);3-8,13-17,24-25H,2,9-10H2,1H3,(H,19,20);3-6,8,11-15,23-24H,2,7,9H2,1H3,(H,17,18);2*1H4/t12-,14-,15-,16-,17-,19?;2*13-,14-,15-,16-,17-;11-,12-,13-,14-,15-;;/m1111../s1. The number of ether oxygens (including phenoxy) is 5. The van der Waals surface area contributed by atoms with E-state index in [-0.39, 0.29) is 67.8 Å². The Bertz CT molecular complexity index is 4480. The zero-order valence-corrected chi connectivity index (χ0v) is 66.2. The summed E-state index contributed by atoms with van der Waals surface area (Å²) < 4.78 is 40.0. The Kier molecular flexibility index (Phi) is 30.0. The van der Waals surface area contributed by atoms with Crippen LogP contribution in [0.15, 0.2) is 130 Å². The molecular formula is C73H105N23O14S4. The molecule has 620 valence electrons. The van der Waals surface area contributed by atoms with Crippen molar-refractivity contribution in [2.24, 2.45) is 20.0 Å². The number of nitrogens with one attached hydrogen (secondary N) is 4. The molecule has 0 spiro atoms. The smallest absolute Gasteiger partial charge is 0.159 e. The lowest BCUT2D eigenvalue weighted by Gasteiger charge is -2.38. The van der Waals surface area contributed by atoms with E-state index in [1.54, 1.807) is 33.4 Å². The summed E-state index contributed by atoms with van der Waals surface area (Å²) in [6.45, 7) is 20.6. The van der Waals surface area contributed by atoms with Crippen LogP contribution < -0.4 is 26.0 Å². The van der Waals surface area contributed by atoms with E-state index in [0.717, 1.165) is 44.0 Å². The number of aromatic nitrogens is 15. The van der Waals surface area contributed by atoms with Gasteiger partial charge in [-0.15, -0.1) is 20.4 Å². The maximum Gasteiger partial charge on any atom is 0.159 e. The molecule has 0 radical (unpaired) electrons. The molecule has 0 amide bonds. The summed E-state index contributed by atoms with van der Waals surface area (Å²) in [7, 11) is 0. The molecular weight excluding hydrogens is 1550 g/mol. The molecule has 0 bridgehead atoms. The number of fused-ring (bicyclic) bond motifs is 4. The van der Waals surface area contributed by atoms with E-state index in [0.29, 0.717) is 81.1 Å². The molecule has 6 aromatic heterocycles. The average molecular weight is 1660 g/mol. The molecule has 16 rings (SSSR count). The number of aryl methyl sites for hydroxylation is 1. The number of hydrogen-bond acceptors (Lipinski definition) is 31. The number of amidine groups is 4. The van der Waals surface area contributed by atoms with Crippen LogP contribution in [-0.4, -0.2) is 286 Å². The van der Waals surface area contributed by atoms with Crippen LogP contribution in [-0.2, 0) is 70.4 Å². The lowest BCUT2D eigenvalue weighted by Crippen LogP contribution is -2.59. The Morgan fingerprint density at radius 3 is 1.18 bits per heavy atom. The molecule has 21 atom stereocenters. The maximum absolute atomic E-state index is 10.9. The first-order chi connectivity index (χ1) is 54.0. The molecule has 8 aromatic rings. The topological polar surface area (TPSA) is 471 Å². The first-order valence-corrected chi connectivity index (χ1v) is 40.7. The molecule has 8 aliphatic rings. The highest BCUT2D eigenvalue weighted by atomic mass is 32.2. The van der Waals surface area contributed by atoms with Gasteiger partial charge in [0.05, 0.1) is 93.9 Å². The van der Waals surface area contributed by atoms with E-state index in [1.165, 1.54) is 57.3 Å². The van der Waals surface area contributed by atoms with Gasteiger partial charge in [0.15, 0.2) is 20.7 Å². The summed E-state index contributed by atoms with van der Waals surface area (Å²) in [5.41, 5.74) is 4.10.